The van der Waals surface area contributed by atoms with E-state index in [-0.39, 0.29) is 0 Å². The van der Waals surface area contributed by atoms with Crippen LogP contribution in [0.4, 0.5) is 0 Å². The molecule has 102 valence electrons. The summed E-state index contributed by atoms with van der Waals surface area (Å²) in [6, 6.07) is 7.94. The van der Waals surface area contributed by atoms with Crippen LogP contribution in [-0.2, 0) is 16.5 Å². The predicted octanol–water partition coefficient (Wildman–Crippen LogP) is 5.53. The third-order valence-corrected chi connectivity index (χ3v) is 13.5. The van der Waals surface area contributed by atoms with E-state index in [0.717, 1.165) is 30.2 Å². The summed E-state index contributed by atoms with van der Waals surface area (Å²) in [6.45, 7) is 5.76. The van der Waals surface area contributed by atoms with Crippen molar-refractivity contribution < 1.29 is 4.74 Å². The molecule has 0 saturated heterocycles. The van der Waals surface area contributed by atoms with E-state index < -0.39 is 4.44 Å². The van der Waals surface area contributed by atoms with Crippen LogP contribution in [0.15, 0.2) is 29.2 Å². The number of benzene rings is 1. The normalized spacial score (nSPS) is 14.4. The Morgan fingerprint density at radius 2 is 1.94 bits per heavy atom. The van der Waals surface area contributed by atoms with E-state index in [9.17, 15) is 0 Å². The van der Waals surface area contributed by atoms with Crippen LogP contribution in [0.5, 0.6) is 0 Å². The van der Waals surface area contributed by atoms with Crippen molar-refractivity contribution in [1.82, 2.24) is 0 Å². The van der Waals surface area contributed by atoms with E-state index in [2.05, 4.69) is 6.92 Å². The predicted molar refractivity (Wildman–Crippen MR) is 91.1 cm³/mol. The van der Waals surface area contributed by atoms with E-state index in [1.165, 1.54) is 4.90 Å². The first-order valence-electron chi connectivity index (χ1n) is 5.86. The van der Waals surface area contributed by atoms with Crippen molar-refractivity contribution in [2.24, 2.45) is 0 Å². The van der Waals surface area contributed by atoms with Gasteiger partial charge in [-0.3, -0.25) is 0 Å². The maximum atomic E-state index is 5.89. The minimum Gasteiger partial charge on any atom is -0.381 e. The molecule has 1 aromatic carbocycles. The lowest BCUT2D eigenvalue weighted by atomic mass is 10.4. The Kier molecular flexibility index (Phi) is 8.33. The Bertz CT molecular complexity index is 397. The monoisotopic (exact) mass is 340 g/mol. The Balaban J connectivity index is 2.53. The highest BCUT2D eigenvalue weighted by Crippen LogP contribution is 2.71. The minimum absolute atomic E-state index is 0.771. The molecule has 18 heavy (non-hydrogen) atoms. The van der Waals surface area contributed by atoms with Gasteiger partial charge in [0.15, 0.2) is 0 Å². The summed E-state index contributed by atoms with van der Waals surface area (Å²) in [4.78, 5) is 1.22. The molecular weight excluding hydrogens is 323 g/mol. The van der Waals surface area contributed by atoms with Crippen molar-refractivity contribution in [2.45, 2.75) is 18.7 Å². The lowest BCUT2D eigenvalue weighted by Crippen LogP contribution is -1.95. The molecule has 0 aromatic heterocycles. The molecule has 0 radical (unpaired) electrons. The van der Waals surface area contributed by atoms with Gasteiger partial charge >= 0.3 is 0 Å². The van der Waals surface area contributed by atoms with Crippen molar-refractivity contribution in [3.8, 4) is 0 Å². The van der Waals surface area contributed by atoms with Crippen LogP contribution in [0.2, 0.25) is 5.02 Å². The molecule has 0 N–H and O–H groups in total. The number of ether oxygens (including phenoxy) is 1. The molecule has 1 aromatic rings. The smallest absolute Gasteiger partial charge is 0.0616 e. The zero-order valence-electron chi connectivity index (χ0n) is 10.6. The summed E-state index contributed by atoms with van der Waals surface area (Å²) < 4.78 is 3.93. The third kappa shape index (κ3) is 6.31. The average Bonchev–Trinajstić information content (AvgIpc) is 2.38. The zero-order valence-corrected chi connectivity index (χ0v) is 14.7. The van der Waals surface area contributed by atoms with E-state index in [1.807, 2.05) is 54.0 Å². The van der Waals surface area contributed by atoms with Crippen molar-refractivity contribution in [2.75, 3.05) is 25.1 Å². The van der Waals surface area contributed by atoms with Crippen LogP contribution in [-0.4, -0.2) is 25.1 Å². The Morgan fingerprint density at radius 1 is 1.28 bits per heavy atom. The fourth-order valence-electron chi connectivity index (χ4n) is 1.22. The van der Waals surface area contributed by atoms with Crippen molar-refractivity contribution >= 4 is 50.6 Å². The van der Waals surface area contributed by atoms with Crippen molar-refractivity contribution in [3.63, 3.8) is 0 Å². The third-order valence-electron chi connectivity index (χ3n) is 2.17. The van der Waals surface area contributed by atoms with Crippen LogP contribution in [0.3, 0.4) is 0 Å². The average molecular weight is 341 g/mol. The Morgan fingerprint density at radius 3 is 2.50 bits per heavy atom. The van der Waals surface area contributed by atoms with E-state index in [0.29, 0.717) is 0 Å². The second kappa shape index (κ2) is 8.89. The standard InChI is InChI=1S/C12H18ClOPS3/c1-3-14-9-10-17-15(16,4-2)18-12-7-5-11(13)6-8-12/h5-8H,3-4,9-10H2,1-2H3. The van der Waals surface area contributed by atoms with Gasteiger partial charge in [-0.2, -0.15) is 0 Å². The molecule has 0 aliphatic rings. The summed E-state index contributed by atoms with van der Waals surface area (Å²) in [5, 5.41) is 0.771. The van der Waals surface area contributed by atoms with Gasteiger partial charge in [0.1, 0.15) is 0 Å². The van der Waals surface area contributed by atoms with Gasteiger partial charge in [-0.05, 0) is 37.4 Å². The van der Waals surface area contributed by atoms with Crippen LogP contribution >= 0.6 is 38.8 Å². The van der Waals surface area contributed by atoms with Crippen LogP contribution in [0.25, 0.3) is 0 Å². The van der Waals surface area contributed by atoms with E-state index in [4.69, 9.17) is 28.1 Å². The molecule has 1 nitrogen and oxygen atoms in total. The Labute approximate surface area is 128 Å². The van der Waals surface area contributed by atoms with Crippen LogP contribution in [0, 0.1) is 0 Å². The summed E-state index contributed by atoms with van der Waals surface area (Å²) >= 11 is 15.4. The number of halogens is 1. The molecule has 6 heteroatoms. The lowest BCUT2D eigenvalue weighted by molar-refractivity contribution is 0.165. The largest absolute Gasteiger partial charge is 0.381 e. The minimum atomic E-state index is -1.43. The number of hydrogen-bond acceptors (Lipinski definition) is 4. The van der Waals surface area contributed by atoms with Gasteiger partial charge in [0.05, 0.1) is 11.0 Å². The van der Waals surface area contributed by atoms with E-state index >= 15 is 0 Å². The molecule has 1 rings (SSSR count). The highest BCUT2D eigenvalue weighted by molar-refractivity contribution is 9.00. The molecule has 1 atom stereocenters. The van der Waals surface area contributed by atoms with Crippen molar-refractivity contribution in [3.05, 3.63) is 29.3 Å². The van der Waals surface area contributed by atoms with Crippen LogP contribution < -0.4 is 0 Å². The molecule has 0 fully saturated rings. The highest BCUT2D eigenvalue weighted by Gasteiger charge is 2.16. The van der Waals surface area contributed by atoms with Crippen molar-refractivity contribution in [1.29, 1.82) is 0 Å². The fourth-order valence-corrected chi connectivity index (χ4v) is 9.60. The van der Waals surface area contributed by atoms with Gasteiger partial charge in [-0.15, -0.1) is 11.4 Å². The van der Waals surface area contributed by atoms with E-state index in [1.54, 1.807) is 0 Å². The van der Waals surface area contributed by atoms with Gasteiger partial charge in [-0.25, -0.2) is 0 Å². The Hall–Kier alpha value is 0.820. The molecule has 1 unspecified atom stereocenters. The molecule has 0 bridgehead atoms. The zero-order chi connectivity index (χ0) is 13.4. The lowest BCUT2D eigenvalue weighted by Gasteiger charge is -2.19. The quantitative estimate of drug-likeness (QED) is 0.454. The SMILES string of the molecule is CCOCCSP(=S)(CC)Sc1ccc(Cl)cc1. The number of hydrogen-bond donors (Lipinski definition) is 0. The topological polar surface area (TPSA) is 9.23 Å². The molecule has 0 spiro atoms. The first-order valence-corrected chi connectivity index (χ1v) is 12.2. The molecule has 0 aliphatic carbocycles. The summed E-state index contributed by atoms with van der Waals surface area (Å²) in [7, 11) is 0. The summed E-state index contributed by atoms with van der Waals surface area (Å²) in [6.07, 6.45) is 1.05. The van der Waals surface area contributed by atoms with Crippen LogP contribution in [0.1, 0.15) is 13.8 Å². The summed E-state index contributed by atoms with van der Waals surface area (Å²) in [5.41, 5.74) is 0. The first kappa shape index (κ1) is 16.9. The van der Waals surface area contributed by atoms with Gasteiger partial charge in [0.2, 0.25) is 0 Å². The molecule has 0 amide bonds. The van der Waals surface area contributed by atoms with Gasteiger partial charge in [-0.1, -0.05) is 41.7 Å². The van der Waals surface area contributed by atoms with Gasteiger partial charge < -0.3 is 4.74 Å². The second-order valence-electron chi connectivity index (χ2n) is 3.50. The molecule has 0 aliphatic heterocycles. The summed E-state index contributed by atoms with van der Waals surface area (Å²) in [5.74, 6) is 0.986. The first-order chi connectivity index (χ1) is 8.59. The molecule has 0 heterocycles. The second-order valence-corrected chi connectivity index (χ2v) is 16.1. The molecule has 0 saturated carbocycles. The molecular formula is C12H18ClOPS3. The number of rotatable bonds is 8. The van der Waals surface area contributed by atoms with Gasteiger partial charge in [0.25, 0.3) is 0 Å². The van der Waals surface area contributed by atoms with Gasteiger partial charge in [0, 0.05) is 22.3 Å². The highest BCUT2D eigenvalue weighted by atomic mass is 35.5. The fraction of sp³-hybridized carbons (Fsp3) is 0.500. The maximum Gasteiger partial charge on any atom is 0.0616 e. The maximum absolute atomic E-state index is 5.89.